The number of carbonyl (C=O) groups is 1. The van der Waals surface area contributed by atoms with Gasteiger partial charge in [0.2, 0.25) is 0 Å². The lowest BCUT2D eigenvalue weighted by Gasteiger charge is -2.31. The van der Waals surface area contributed by atoms with Crippen molar-refractivity contribution in [3.63, 3.8) is 0 Å². The summed E-state index contributed by atoms with van der Waals surface area (Å²) in [6.07, 6.45) is 3.38. The summed E-state index contributed by atoms with van der Waals surface area (Å²) >= 11 is 0. The van der Waals surface area contributed by atoms with Crippen molar-refractivity contribution >= 4 is 38.7 Å². The Bertz CT molecular complexity index is 1370. The van der Waals surface area contributed by atoms with E-state index in [1.54, 1.807) is 12.0 Å². The van der Waals surface area contributed by atoms with E-state index in [0.29, 0.717) is 19.8 Å². The van der Waals surface area contributed by atoms with Crippen molar-refractivity contribution in [3.05, 3.63) is 48.3 Å². The fraction of sp³-hybridized carbons (Fsp3) is 0.429. The van der Waals surface area contributed by atoms with Crippen LogP contribution in [0.1, 0.15) is 33.3 Å². The van der Waals surface area contributed by atoms with Crippen molar-refractivity contribution in [2.75, 3.05) is 26.9 Å². The van der Waals surface area contributed by atoms with E-state index in [1.165, 1.54) is 21.9 Å². The first kappa shape index (κ1) is 24.8. The molecule has 0 spiro atoms. The number of carbonyl (C=O) groups excluding carboxylic acids is 1. The second kappa shape index (κ2) is 9.74. The predicted molar refractivity (Wildman–Crippen MR) is 140 cm³/mol. The standard InChI is InChI=1S/C28H35N3O4/c1-18(31(12-13-33-7)27(32)35-28(3,4)5)17-34-21-8-9-25-23(15-21)24-14-20-16-29-11-10-22(20)19(2)26(24)30(25)6/h8-11,14-16,18H,12-13,17H2,1-7H3/t18-/m0/s1. The fourth-order valence-electron chi connectivity index (χ4n) is 4.60. The monoisotopic (exact) mass is 477 g/mol. The number of fused-ring (bicyclic) bond motifs is 4. The number of methoxy groups -OCH3 is 1. The van der Waals surface area contributed by atoms with Crippen LogP contribution in [0.4, 0.5) is 4.79 Å². The Labute approximate surface area is 206 Å². The van der Waals surface area contributed by atoms with Crippen LogP contribution in [0.15, 0.2) is 42.7 Å². The molecule has 4 aromatic rings. The van der Waals surface area contributed by atoms with Gasteiger partial charge in [-0.05, 0) is 75.9 Å². The molecule has 2 aromatic heterocycles. The molecule has 0 unspecified atom stereocenters. The number of aryl methyl sites for hydroxylation is 2. The van der Waals surface area contributed by atoms with Crippen LogP contribution < -0.4 is 4.74 Å². The minimum absolute atomic E-state index is 0.194. The number of amides is 1. The molecule has 1 atom stereocenters. The van der Waals surface area contributed by atoms with Gasteiger partial charge < -0.3 is 18.8 Å². The molecule has 0 bridgehead atoms. The third-order valence-electron chi connectivity index (χ3n) is 6.31. The van der Waals surface area contributed by atoms with Crippen LogP contribution in [0.25, 0.3) is 32.6 Å². The zero-order valence-corrected chi connectivity index (χ0v) is 21.7. The van der Waals surface area contributed by atoms with E-state index in [4.69, 9.17) is 14.2 Å². The van der Waals surface area contributed by atoms with Gasteiger partial charge in [0.05, 0.1) is 18.2 Å². The van der Waals surface area contributed by atoms with Crippen molar-refractivity contribution in [1.82, 2.24) is 14.5 Å². The molecule has 0 radical (unpaired) electrons. The Kier molecular flexibility index (Phi) is 6.90. The average molecular weight is 478 g/mol. The molecule has 1 amide bonds. The molecule has 7 nitrogen and oxygen atoms in total. The Morgan fingerprint density at radius 3 is 2.63 bits per heavy atom. The molecule has 0 aliphatic rings. The summed E-state index contributed by atoms with van der Waals surface area (Å²) in [7, 11) is 3.72. The summed E-state index contributed by atoms with van der Waals surface area (Å²) in [5, 5.41) is 4.64. The second-order valence-corrected chi connectivity index (χ2v) is 10.1. The van der Waals surface area contributed by atoms with Crippen molar-refractivity contribution in [3.8, 4) is 5.75 Å². The highest BCUT2D eigenvalue weighted by Crippen LogP contribution is 2.36. The molecular weight excluding hydrogens is 442 g/mol. The maximum absolute atomic E-state index is 12.8. The molecule has 35 heavy (non-hydrogen) atoms. The SMILES string of the molecule is COCCN(C(=O)OC(C)(C)C)[C@@H](C)COc1ccc2c(c1)c1cc3cnccc3c(C)c1n2C. The Morgan fingerprint density at radius 1 is 1.14 bits per heavy atom. The third kappa shape index (κ3) is 5.05. The molecule has 0 fully saturated rings. The first-order chi connectivity index (χ1) is 16.6. The van der Waals surface area contributed by atoms with E-state index >= 15 is 0 Å². The zero-order chi connectivity index (χ0) is 25.3. The maximum Gasteiger partial charge on any atom is 0.410 e. The number of ether oxygens (including phenoxy) is 3. The van der Waals surface area contributed by atoms with Gasteiger partial charge in [0.15, 0.2) is 0 Å². The predicted octanol–water partition coefficient (Wildman–Crippen LogP) is 5.84. The minimum Gasteiger partial charge on any atom is -0.491 e. The van der Waals surface area contributed by atoms with Crippen molar-refractivity contribution in [2.45, 2.75) is 46.3 Å². The molecule has 0 saturated heterocycles. The van der Waals surface area contributed by atoms with Gasteiger partial charge in [0, 0.05) is 54.8 Å². The molecule has 4 rings (SSSR count). The van der Waals surface area contributed by atoms with Gasteiger partial charge in [-0.1, -0.05) is 0 Å². The van der Waals surface area contributed by atoms with Crippen molar-refractivity contribution < 1.29 is 19.0 Å². The highest BCUT2D eigenvalue weighted by Gasteiger charge is 2.26. The van der Waals surface area contributed by atoms with Crippen LogP contribution in [0.5, 0.6) is 5.75 Å². The number of pyridine rings is 1. The van der Waals surface area contributed by atoms with Gasteiger partial charge in [-0.15, -0.1) is 0 Å². The van der Waals surface area contributed by atoms with Crippen molar-refractivity contribution in [2.24, 2.45) is 7.05 Å². The zero-order valence-electron chi connectivity index (χ0n) is 21.7. The minimum atomic E-state index is -0.569. The lowest BCUT2D eigenvalue weighted by Crippen LogP contribution is -2.46. The molecule has 7 heteroatoms. The van der Waals surface area contributed by atoms with Gasteiger partial charge in [-0.3, -0.25) is 9.88 Å². The van der Waals surface area contributed by atoms with Crippen LogP contribution in [0.2, 0.25) is 0 Å². The normalized spacial score (nSPS) is 12.9. The molecule has 2 aromatic carbocycles. The van der Waals surface area contributed by atoms with E-state index in [-0.39, 0.29) is 12.1 Å². The third-order valence-corrected chi connectivity index (χ3v) is 6.31. The lowest BCUT2D eigenvalue weighted by atomic mass is 10.0. The summed E-state index contributed by atoms with van der Waals surface area (Å²) < 4.78 is 19.2. The van der Waals surface area contributed by atoms with Crippen LogP contribution >= 0.6 is 0 Å². The van der Waals surface area contributed by atoms with E-state index in [9.17, 15) is 4.79 Å². The summed E-state index contributed by atoms with van der Waals surface area (Å²) in [5.41, 5.74) is 3.02. The number of benzene rings is 2. The van der Waals surface area contributed by atoms with Gasteiger partial charge in [-0.2, -0.15) is 0 Å². The van der Waals surface area contributed by atoms with Crippen LogP contribution in [0.3, 0.4) is 0 Å². The fourth-order valence-corrected chi connectivity index (χ4v) is 4.60. The Hall–Kier alpha value is -3.32. The van der Waals surface area contributed by atoms with Crippen LogP contribution in [0, 0.1) is 6.92 Å². The van der Waals surface area contributed by atoms with E-state index in [0.717, 1.165) is 22.0 Å². The number of hydrogen-bond acceptors (Lipinski definition) is 5. The number of nitrogens with zero attached hydrogens (tertiary/aromatic N) is 3. The molecule has 0 N–H and O–H groups in total. The highest BCUT2D eigenvalue weighted by molar-refractivity contribution is 6.14. The lowest BCUT2D eigenvalue weighted by molar-refractivity contribution is 0.00717. The smallest absolute Gasteiger partial charge is 0.410 e. The van der Waals surface area contributed by atoms with Crippen LogP contribution in [-0.2, 0) is 16.5 Å². The first-order valence-corrected chi connectivity index (χ1v) is 12.0. The van der Waals surface area contributed by atoms with E-state index in [1.807, 2.05) is 46.2 Å². The van der Waals surface area contributed by atoms with E-state index < -0.39 is 5.60 Å². The van der Waals surface area contributed by atoms with Gasteiger partial charge in [-0.25, -0.2) is 4.79 Å². The molecule has 0 aliphatic carbocycles. The number of aromatic nitrogens is 2. The molecule has 0 aliphatic heterocycles. The molecule has 186 valence electrons. The molecule has 2 heterocycles. The summed E-state index contributed by atoms with van der Waals surface area (Å²) in [6.45, 7) is 10.9. The number of hydrogen-bond donors (Lipinski definition) is 0. The average Bonchev–Trinajstić information content (AvgIpc) is 3.08. The largest absolute Gasteiger partial charge is 0.491 e. The van der Waals surface area contributed by atoms with Crippen LogP contribution in [-0.4, -0.2) is 59.1 Å². The summed E-state index contributed by atoms with van der Waals surface area (Å²) in [6, 6.07) is 10.2. The van der Waals surface area contributed by atoms with Crippen molar-refractivity contribution in [1.29, 1.82) is 0 Å². The van der Waals surface area contributed by atoms with E-state index in [2.05, 4.69) is 47.8 Å². The maximum atomic E-state index is 12.8. The highest BCUT2D eigenvalue weighted by atomic mass is 16.6. The molecule has 0 saturated carbocycles. The second-order valence-electron chi connectivity index (χ2n) is 10.1. The Morgan fingerprint density at radius 2 is 1.91 bits per heavy atom. The first-order valence-electron chi connectivity index (χ1n) is 12.0. The van der Waals surface area contributed by atoms with Gasteiger partial charge in [0.1, 0.15) is 18.0 Å². The quantitative estimate of drug-likeness (QED) is 0.335. The summed E-state index contributed by atoms with van der Waals surface area (Å²) in [5.74, 6) is 0.761. The Balaban J connectivity index is 1.61. The topological polar surface area (TPSA) is 65.8 Å². The summed E-state index contributed by atoms with van der Waals surface area (Å²) in [4.78, 5) is 18.7. The van der Waals surface area contributed by atoms with Gasteiger partial charge in [0.25, 0.3) is 0 Å². The number of rotatable bonds is 7. The molecular formula is C28H35N3O4. The van der Waals surface area contributed by atoms with Gasteiger partial charge >= 0.3 is 6.09 Å².